The third-order valence-electron chi connectivity index (χ3n) is 2.08. The van der Waals surface area contributed by atoms with Crippen LogP contribution in [0.4, 0.5) is 0 Å². The fourth-order valence-electron chi connectivity index (χ4n) is 1.22. The Morgan fingerprint density at radius 1 is 1.67 bits per heavy atom. The number of carbonyl (C=O) groups excluding carboxylic acids is 1. The molecule has 0 spiro atoms. The van der Waals surface area contributed by atoms with E-state index in [1.807, 2.05) is 0 Å². The standard InChI is InChI=1S/C9H14N2O/c1-7-4-5-11(6-7)9(12)8(2)10-3/h1,4-6H2,2-3H3. The molecule has 1 aliphatic heterocycles. The molecule has 1 aliphatic rings. The monoisotopic (exact) mass is 166 g/mol. The van der Waals surface area contributed by atoms with Gasteiger partial charge >= 0.3 is 0 Å². The van der Waals surface area contributed by atoms with Crippen molar-refractivity contribution in [2.75, 3.05) is 20.1 Å². The van der Waals surface area contributed by atoms with E-state index in [2.05, 4.69) is 11.6 Å². The molecule has 1 rings (SSSR count). The Bertz CT molecular complexity index is 243. The van der Waals surface area contributed by atoms with E-state index in [-0.39, 0.29) is 5.91 Å². The minimum absolute atomic E-state index is 0.0381. The van der Waals surface area contributed by atoms with E-state index in [0.29, 0.717) is 12.3 Å². The van der Waals surface area contributed by atoms with Gasteiger partial charge in [-0.1, -0.05) is 12.2 Å². The molecule has 0 unspecified atom stereocenters. The van der Waals surface area contributed by atoms with Gasteiger partial charge in [-0.2, -0.15) is 0 Å². The molecule has 3 nitrogen and oxygen atoms in total. The molecule has 66 valence electrons. The van der Waals surface area contributed by atoms with Gasteiger partial charge in [0.1, 0.15) is 0 Å². The number of rotatable bonds is 1. The zero-order valence-corrected chi connectivity index (χ0v) is 7.63. The number of hydrogen-bond acceptors (Lipinski definition) is 2. The van der Waals surface area contributed by atoms with Crippen LogP contribution in [0.1, 0.15) is 13.3 Å². The van der Waals surface area contributed by atoms with Gasteiger partial charge in [0.25, 0.3) is 5.91 Å². The summed E-state index contributed by atoms with van der Waals surface area (Å²) in [6.07, 6.45) is 0.933. The highest BCUT2D eigenvalue weighted by Crippen LogP contribution is 2.12. The van der Waals surface area contributed by atoms with Crippen molar-refractivity contribution in [2.24, 2.45) is 4.99 Å². The maximum absolute atomic E-state index is 11.5. The first-order chi connectivity index (χ1) is 5.65. The lowest BCUT2D eigenvalue weighted by molar-refractivity contribution is -0.123. The number of aliphatic imine (C=N–C) groups is 1. The molecule has 1 amide bonds. The summed E-state index contributed by atoms with van der Waals surface area (Å²) in [4.78, 5) is 17.1. The van der Waals surface area contributed by atoms with Gasteiger partial charge in [-0.15, -0.1) is 0 Å². The van der Waals surface area contributed by atoms with Crippen molar-refractivity contribution in [1.82, 2.24) is 4.90 Å². The average Bonchev–Trinajstić information content (AvgIpc) is 2.49. The summed E-state index contributed by atoms with van der Waals surface area (Å²) in [6, 6.07) is 0. The van der Waals surface area contributed by atoms with Crippen LogP contribution >= 0.6 is 0 Å². The second-order valence-corrected chi connectivity index (χ2v) is 3.04. The minimum atomic E-state index is 0.0381. The smallest absolute Gasteiger partial charge is 0.267 e. The first kappa shape index (κ1) is 8.97. The first-order valence-electron chi connectivity index (χ1n) is 4.04. The molecule has 0 radical (unpaired) electrons. The van der Waals surface area contributed by atoms with Gasteiger partial charge in [0.15, 0.2) is 0 Å². The number of amides is 1. The zero-order valence-electron chi connectivity index (χ0n) is 7.63. The molecule has 1 fully saturated rings. The van der Waals surface area contributed by atoms with Crippen molar-refractivity contribution in [3.05, 3.63) is 12.2 Å². The summed E-state index contributed by atoms with van der Waals surface area (Å²) in [5, 5.41) is 0. The molecule has 0 aliphatic carbocycles. The Labute approximate surface area is 72.8 Å². The van der Waals surface area contributed by atoms with Gasteiger partial charge in [0.05, 0.1) is 5.71 Å². The van der Waals surface area contributed by atoms with Crippen LogP contribution in [-0.2, 0) is 4.79 Å². The highest BCUT2D eigenvalue weighted by Gasteiger charge is 2.21. The second-order valence-electron chi connectivity index (χ2n) is 3.04. The van der Waals surface area contributed by atoms with Crippen LogP contribution in [-0.4, -0.2) is 36.7 Å². The fraction of sp³-hybridized carbons (Fsp3) is 0.556. The molecule has 3 heteroatoms. The molecular weight excluding hydrogens is 152 g/mol. The quantitative estimate of drug-likeness (QED) is 0.420. The Hall–Kier alpha value is -1.12. The lowest BCUT2D eigenvalue weighted by Crippen LogP contribution is -2.32. The molecule has 0 bridgehead atoms. The first-order valence-corrected chi connectivity index (χ1v) is 4.04. The van der Waals surface area contributed by atoms with Gasteiger partial charge in [-0.25, -0.2) is 0 Å². The van der Waals surface area contributed by atoms with E-state index in [1.165, 1.54) is 0 Å². The molecule has 1 saturated heterocycles. The Balaban J connectivity index is 2.60. The largest absolute Gasteiger partial charge is 0.333 e. The Kier molecular flexibility index (Phi) is 2.63. The Morgan fingerprint density at radius 3 is 2.75 bits per heavy atom. The van der Waals surface area contributed by atoms with Gasteiger partial charge < -0.3 is 4.90 Å². The van der Waals surface area contributed by atoms with Crippen molar-refractivity contribution in [1.29, 1.82) is 0 Å². The molecule has 0 saturated carbocycles. The van der Waals surface area contributed by atoms with E-state index in [4.69, 9.17) is 0 Å². The Morgan fingerprint density at radius 2 is 2.33 bits per heavy atom. The predicted molar refractivity (Wildman–Crippen MR) is 49.4 cm³/mol. The van der Waals surface area contributed by atoms with Gasteiger partial charge in [0, 0.05) is 20.1 Å². The molecule has 0 aromatic carbocycles. The molecule has 1 heterocycles. The number of hydrogen-bond donors (Lipinski definition) is 0. The molecule has 0 aromatic rings. The summed E-state index contributed by atoms with van der Waals surface area (Å²) in [7, 11) is 1.64. The SMILES string of the molecule is C=C1CCN(C(=O)C(C)=NC)C1. The van der Waals surface area contributed by atoms with Crippen LogP contribution in [0.2, 0.25) is 0 Å². The van der Waals surface area contributed by atoms with Crippen LogP contribution < -0.4 is 0 Å². The molecule has 12 heavy (non-hydrogen) atoms. The number of likely N-dealkylation sites (tertiary alicyclic amines) is 1. The molecule has 0 aromatic heterocycles. The topological polar surface area (TPSA) is 32.7 Å². The van der Waals surface area contributed by atoms with Crippen LogP contribution in [0.25, 0.3) is 0 Å². The van der Waals surface area contributed by atoms with Crippen LogP contribution in [0.5, 0.6) is 0 Å². The van der Waals surface area contributed by atoms with E-state index in [1.54, 1.807) is 18.9 Å². The maximum atomic E-state index is 11.5. The van der Waals surface area contributed by atoms with E-state index >= 15 is 0 Å². The summed E-state index contributed by atoms with van der Waals surface area (Å²) >= 11 is 0. The van der Waals surface area contributed by atoms with Crippen molar-refractivity contribution in [3.8, 4) is 0 Å². The third kappa shape index (κ3) is 1.72. The summed E-state index contributed by atoms with van der Waals surface area (Å²) < 4.78 is 0. The average molecular weight is 166 g/mol. The highest BCUT2D eigenvalue weighted by molar-refractivity contribution is 6.37. The van der Waals surface area contributed by atoms with Crippen LogP contribution in [0, 0.1) is 0 Å². The second kappa shape index (κ2) is 3.52. The number of nitrogens with zero attached hydrogens (tertiary/aromatic N) is 2. The predicted octanol–water partition coefficient (Wildman–Crippen LogP) is 0.866. The summed E-state index contributed by atoms with van der Waals surface area (Å²) in [5.74, 6) is 0.0381. The van der Waals surface area contributed by atoms with Gasteiger partial charge in [-0.05, 0) is 13.3 Å². The van der Waals surface area contributed by atoms with Crippen molar-refractivity contribution in [3.63, 3.8) is 0 Å². The summed E-state index contributed by atoms with van der Waals surface area (Å²) in [5.41, 5.74) is 1.71. The molecular formula is C9H14N2O. The molecule has 0 atom stereocenters. The van der Waals surface area contributed by atoms with Crippen molar-refractivity contribution >= 4 is 11.6 Å². The maximum Gasteiger partial charge on any atom is 0.267 e. The lowest BCUT2D eigenvalue weighted by Gasteiger charge is -2.13. The highest BCUT2D eigenvalue weighted by atomic mass is 16.2. The zero-order chi connectivity index (χ0) is 9.14. The van der Waals surface area contributed by atoms with Crippen molar-refractivity contribution < 1.29 is 4.79 Å². The lowest BCUT2D eigenvalue weighted by atomic mass is 10.3. The summed E-state index contributed by atoms with van der Waals surface area (Å²) in [6.45, 7) is 7.07. The van der Waals surface area contributed by atoms with Crippen molar-refractivity contribution in [2.45, 2.75) is 13.3 Å². The minimum Gasteiger partial charge on any atom is -0.333 e. The molecule has 0 N–H and O–H groups in total. The van der Waals surface area contributed by atoms with E-state index in [0.717, 1.165) is 18.5 Å². The van der Waals surface area contributed by atoms with Gasteiger partial charge in [0.2, 0.25) is 0 Å². The third-order valence-corrected chi connectivity index (χ3v) is 2.08. The van der Waals surface area contributed by atoms with E-state index < -0.39 is 0 Å². The van der Waals surface area contributed by atoms with E-state index in [9.17, 15) is 4.79 Å². The number of carbonyl (C=O) groups is 1. The fourth-order valence-corrected chi connectivity index (χ4v) is 1.22. The van der Waals surface area contributed by atoms with Crippen LogP contribution in [0.15, 0.2) is 17.1 Å². The van der Waals surface area contributed by atoms with Crippen LogP contribution in [0.3, 0.4) is 0 Å². The van der Waals surface area contributed by atoms with Gasteiger partial charge in [-0.3, -0.25) is 9.79 Å². The normalized spacial score (nSPS) is 18.7.